The van der Waals surface area contributed by atoms with E-state index in [0.29, 0.717) is 28.9 Å². The maximum atomic E-state index is 13.2. The van der Waals surface area contributed by atoms with Crippen LogP contribution in [-0.4, -0.2) is 29.8 Å². The minimum atomic E-state index is -0.302. The summed E-state index contributed by atoms with van der Waals surface area (Å²) in [7, 11) is 0. The Balaban J connectivity index is 1.93. The summed E-state index contributed by atoms with van der Waals surface area (Å²) in [5.74, 6) is -0.589. The van der Waals surface area contributed by atoms with Gasteiger partial charge in [-0.15, -0.1) is 0 Å². The van der Waals surface area contributed by atoms with E-state index in [1.807, 2.05) is 11.8 Å². The van der Waals surface area contributed by atoms with Crippen LogP contribution in [0.25, 0.3) is 0 Å². The van der Waals surface area contributed by atoms with Gasteiger partial charge < -0.3 is 10.6 Å². The van der Waals surface area contributed by atoms with Crippen LogP contribution < -0.4 is 10.6 Å². The lowest BCUT2D eigenvalue weighted by Gasteiger charge is -2.20. The average Bonchev–Trinajstić information content (AvgIpc) is 2.57. The molecular weight excluding hydrogens is 401 g/mol. The molecule has 0 aliphatic rings. The van der Waals surface area contributed by atoms with Crippen molar-refractivity contribution in [2.24, 2.45) is 0 Å². The largest absolute Gasteiger partial charge is 0.326 e. The predicted molar refractivity (Wildman–Crippen MR) is 104 cm³/mol. The lowest BCUT2D eigenvalue weighted by atomic mass is 10.2. The summed E-state index contributed by atoms with van der Waals surface area (Å²) >= 11 is 3.35. The molecule has 0 aromatic heterocycles. The number of hydrogen-bond donors (Lipinski definition) is 2. The summed E-state index contributed by atoms with van der Waals surface area (Å²) in [6.45, 7) is 4.83. The van der Waals surface area contributed by atoms with Crippen molar-refractivity contribution >= 4 is 39.1 Å². The van der Waals surface area contributed by atoms with Crippen molar-refractivity contribution in [1.82, 2.24) is 4.90 Å². The number of carbonyl (C=O) groups is 2. The van der Waals surface area contributed by atoms with Crippen LogP contribution in [-0.2, 0) is 16.1 Å². The van der Waals surface area contributed by atoms with Gasteiger partial charge >= 0.3 is 0 Å². The first-order valence-corrected chi connectivity index (χ1v) is 9.00. The SMILES string of the molecule is CCN(CC(=O)Nc1ccc(NC(C)=O)cc1)Cc1ccc(F)cc1Br. The number of nitrogens with zero attached hydrogens (tertiary/aromatic N) is 1. The summed E-state index contributed by atoms with van der Waals surface area (Å²) in [6.07, 6.45) is 0. The number of nitrogens with one attached hydrogen (secondary N) is 2. The molecule has 0 aliphatic carbocycles. The zero-order chi connectivity index (χ0) is 19.1. The Morgan fingerprint density at radius 3 is 2.23 bits per heavy atom. The van der Waals surface area contributed by atoms with Gasteiger partial charge in [0.1, 0.15) is 5.82 Å². The van der Waals surface area contributed by atoms with E-state index < -0.39 is 0 Å². The second-order valence-corrected chi connectivity index (χ2v) is 6.70. The number of likely N-dealkylation sites (N-methyl/N-ethyl adjacent to an activating group) is 1. The van der Waals surface area contributed by atoms with Crippen LogP contribution >= 0.6 is 15.9 Å². The van der Waals surface area contributed by atoms with Crippen LogP contribution in [0.3, 0.4) is 0 Å². The maximum Gasteiger partial charge on any atom is 0.238 e. The summed E-state index contributed by atoms with van der Waals surface area (Å²) in [5.41, 5.74) is 2.25. The Morgan fingerprint density at radius 1 is 1.08 bits per heavy atom. The highest BCUT2D eigenvalue weighted by molar-refractivity contribution is 9.10. The molecule has 138 valence electrons. The van der Waals surface area contributed by atoms with E-state index >= 15 is 0 Å². The van der Waals surface area contributed by atoms with Gasteiger partial charge in [-0.25, -0.2) is 4.39 Å². The molecule has 5 nitrogen and oxygen atoms in total. The molecule has 26 heavy (non-hydrogen) atoms. The van der Waals surface area contributed by atoms with Crippen molar-refractivity contribution in [3.8, 4) is 0 Å². The summed E-state index contributed by atoms with van der Waals surface area (Å²) < 4.78 is 13.9. The maximum absolute atomic E-state index is 13.2. The van der Waals surface area contributed by atoms with Crippen molar-refractivity contribution in [1.29, 1.82) is 0 Å². The van der Waals surface area contributed by atoms with Crippen molar-refractivity contribution in [2.45, 2.75) is 20.4 Å². The van der Waals surface area contributed by atoms with E-state index in [9.17, 15) is 14.0 Å². The van der Waals surface area contributed by atoms with Gasteiger partial charge in [-0.05, 0) is 48.5 Å². The molecule has 0 fully saturated rings. The first-order valence-electron chi connectivity index (χ1n) is 8.21. The monoisotopic (exact) mass is 421 g/mol. The Labute approximate surface area is 160 Å². The number of hydrogen-bond acceptors (Lipinski definition) is 3. The number of rotatable bonds is 7. The second-order valence-electron chi connectivity index (χ2n) is 5.85. The molecule has 0 unspecified atom stereocenters. The number of amides is 2. The molecule has 0 spiro atoms. The Hall–Kier alpha value is -2.25. The van der Waals surface area contributed by atoms with Gasteiger partial charge in [0, 0.05) is 29.3 Å². The fourth-order valence-corrected chi connectivity index (χ4v) is 2.89. The topological polar surface area (TPSA) is 61.4 Å². The third-order valence-electron chi connectivity index (χ3n) is 3.71. The van der Waals surface area contributed by atoms with E-state index in [4.69, 9.17) is 0 Å². The van der Waals surface area contributed by atoms with Gasteiger partial charge in [0.2, 0.25) is 11.8 Å². The lowest BCUT2D eigenvalue weighted by Crippen LogP contribution is -2.32. The Morgan fingerprint density at radius 2 is 1.69 bits per heavy atom. The van der Waals surface area contributed by atoms with Crippen molar-refractivity contribution in [3.05, 3.63) is 58.3 Å². The van der Waals surface area contributed by atoms with Crippen LogP contribution in [0.15, 0.2) is 46.9 Å². The molecule has 2 aromatic rings. The standard InChI is InChI=1S/C19H21BrFN3O2/c1-3-24(11-14-4-5-15(21)10-18(14)20)12-19(26)23-17-8-6-16(7-9-17)22-13(2)25/h4-10H,3,11-12H2,1-2H3,(H,22,25)(H,23,26). The number of anilines is 2. The molecule has 0 aliphatic heterocycles. The normalized spacial score (nSPS) is 10.7. The molecule has 0 radical (unpaired) electrons. The van der Waals surface area contributed by atoms with E-state index in [0.717, 1.165) is 5.56 Å². The van der Waals surface area contributed by atoms with Crippen LogP contribution in [0.4, 0.5) is 15.8 Å². The third-order valence-corrected chi connectivity index (χ3v) is 4.45. The second kappa shape index (κ2) is 9.45. The van der Waals surface area contributed by atoms with Gasteiger partial charge in [-0.3, -0.25) is 14.5 Å². The van der Waals surface area contributed by atoms with Gasteiger partial charge in [-0.2, -0.15) is 0 Å². The quantitative estimate of drug-likeness (QED) is 0.709. The highest BCUT2D eigenvalue weighted by Gasteiger charge is 2.12. The molecule has 7 heteroatoms. The molecule has 0 saturated carbocycles. The first-order chi connectivity index (χ1) is 12.4. The molecule has 0 heterocycles. The molecule has 2 aromatic carbocycles. The summed E-state index contributed by atoms with van der Waals surface area (Å²) in [6, 6.07) is 11.5. The van der Waals surface area contributed by atoms with Gasteiger partial charge in [0.25, 0.3) is 0 Å². The van der Waals surface area contributed by atoms with E-state index in [1.165, 1.54) is 19.1 Å². The molecule has 0 bridgehead atoms. The summed E-state index contributed by atoms with van der Waals surface area (Å²) in [5, 5.41) is 5.50. The minimum Gasteiger partial charge on any atom is -0.326 e. The Kier molecular flexibility index (Phi) is 7.29. The van der Waals surface area contributed by atoms with E-state index in [-0.39, 0.29) is 24.2 Å². The molecule has 2 N–H and O–H groups in total. The van der Waals surface area contributed by atoms with Crippen LogP contribution in [0.2, 0.25) is 0 Å². The van der Waals surface area contributed by atoms with Crippen LogP contribution in [0.5, 0.6) is 0 Å². The zero-order valence-corrected chi connectivity index (χ0v) is 16.3. The minimum absolute atomic E-state index is 0.141. The number of halogens is 2. The van der Waals surface area contributed by atoms with Crippen LogP contribution in [0.1, 0.15) is 19.4 Å². The van der Waals surface area contributed by atoms with Crippen molar-refractivity contribution in [2.75, 3.05) is 23.7 Å². The molecular formula is C19H21BrFN3O2. The molecule has 0 saturated heterocycles. The van der Waals surface area contributed by atoms with Gasteiger partial charge in [-0.1, -0.05) is 28.9 Å². The zero-order valence-electron chi connectivity index (χ0n) is 14.7. The average molecular weight is 422 g/mol. The molecule has 0 atom stereocenters. The van der Waals surface area contributed by atoms with Gasteiger partial charge in [0.15, 0.2) is 0 Å². The predicted octanol–water partition coefficient (Wildman–Crippen LogP) is 4.01. The third kappa shape index (κ3) is 6.24. The Bertz CT molecular complexity index is 781. The fraction of sp³-hybridized carbons (Fsp3) is 0.263. The van der Waals surface area contributed by atoms with Crippen LogP contribution in [0, 0.1) is 5.82 Å². The van der Waals surface area contributed by atoms with E-state index in [2.05, 4.69) is 26.6 Å². The first kappa shape index (κ1) is 20.1. The lowest BCUT2D eigenvalue weighted by molar-refractivity contribution is -0.117. The van der Waals surface area contributed by atoms with E-state index in [1.54, 1.807) is 30.3 Å². The van der Waals surface area contributed by atoms with Crippen molar-refractivity contribution in [3.63, 3.8) is 0 Å². The fourth-order valence-electron chi connectivity index (χ4n) is 2.41. The summed E-state index contributed by atoms with van der Waals surface area (Å²) in [4.78, 5) is 25.2. The smallest absolute Gasteiger partial charge is 0.238 e. The molecule has 2 rings (SSSR count). The van der Waals surface area contributed by atoms with Gasteiger partial charge in [0.05, 0.1) is 6.54 Å². The highest BCUT2D eigenvalue weighted by atomic mass is 79.9. The number of carbonyl (C=O) groups excluding carboxylic acids is 2. The van der Waals surface area contributed by atoms with Crippen molar-refractivity contribution < 1.29 is 14.0 Å². The molecule has 2 amide bonds. The highest BCUT2D eigenvalue weighted by Crippen LogP contribution is 2.20. The number of benzene rings is 2.